The number of benzene rings is 1. The number of imidazole rings is 1. The Hall–Kier alpha value is -3.32. The van der Waals surface area contributed by atoms with Crippen LogP contribution in [0, 0.1) is 27.7 Å². The lowest BCUT2D eigenvalue weighted by Gasteiger charge is -2.15. The van der Waals surface area contributed by atoms with Crippen molar-refractivity contribution in [3.63, 3.8) is 0 Å². The first kappa shape index (κ1) is 23.3. The van der Waals surface area contributed by atoms with Crippen LogP contribution >= 0.6 is 12.4 Å². The fourth-order valence-electron chi connectivity index (χ4n) is 3.97. The molecule has 1 aromatic carbocycles. The van der Waals surface area contributed by atoms with E-state index >= 15 is 0 Å². The van der Waals surface area contributed by atoms with Crippen molar-refractivity contribution in [2.24, 2.45) is 14.1 Å². The van der Waals surface area contributed by atoms with E-state index in [9.17, 15) is 9.59 Å². The minimum atomic E-state index is -0.349. The molecule has 0 aliphatic carbocycles. The van der Waals surface area contributed by atoms with Gasteiger partial charge in [-0.2, -0.15) is 0 Å². The van der Waals surface area contributed by atoms with E-state index in [1.165, 1.54) is 28.3 Å². The lowest BCUT2D eigenvalue weighted by atomic mass is 10.0. The van der Waals surface area contributed by atoms with Gasteiger partial charge in [-0.15, -0.1) is 12.4 Å². The van der Waals surface area contributed by atoms with Crippen LogP contribution in [0.4, 0.5) is 5.69 Å². The summed E-state index contributed by atoms with van der Waals surface area (Å²) in [5.74, 6) is 0. The highest BCUT2D eigenvalue weighted by atomic mass is 35.5. The van der Waals surface area contributed by atoms with Gasteiger partial charge in [0.05, 0.1) is 16.9 Å². The lowest BCUT2D eigenvalue weighted by Crippen LogP contribution is -2.37. The zero-order valence-electron chi connectivity index (χ0n) is 19.2. The number of anilines is 1. The molecule has 0 atom stereocenters. The second-order valence-corrected chi connectivity index (χ2v) is 8.14. The molecule has 0 aliphatic rings. The molecule has 0 saturated carbocycles. The summed E-state index contributed by atoms with van der Waals surface area (Å²) >= 11 is 0. The summed E-state index contributed by atoms with van der Waals surface area (Å²) in [7, 11) is 3.15. The molecular weight excluding hydrogens is 426 g/mol. The molecule has 7 nitrogen and oxygen atoms in total. The Bertz CT molecular complexity index is 1430. The minimum Gasteiger partial charge on any atom is -0.378 e. The van der Waals surface area contributed by atoms with Crippen LogP contribution in [-0.2, 0) is 20.6 Å². The normalized spacial score (nSPS) is 10.9. The van der Waals surface area contributed by atoms with Gasteiger partial charge in [0.15, 0.2) is 5.65 Å². The van der Waals surface area contributed by atoms with Gasteiger partial charge >= 0.3 is 5.69 Å². The van der Waals surface area contributed by atoms with Crippen LogP contribution in [0.3, 0.4) is 0 Å². The van der Waals surface area contributed by atoms with Crippen molar-refractivity contribution in [1.29, 1.82) is 0 Å². The fraction of sp³-hybridized carbons (Fsp3) is 0.292. The van der Waals surface area contributed by atoms with E-state index in [4.69, 9.17) is 4.98 Å². The van der Waals surface area contributed by atoms with Gasteiger partial charge in [-0.05, 0) is 50.5 Å². The van der Waals surface area contributed by atoms with Crippen LogP contribution in [0.15, 0.2) is 46.2 Å². The van der Waals surface area contributed by atoms with Crippen molar-refractivity contribution in [2.75, 3.05) is 5.32 Å². The molecule has 0 radical (unpaired) electrons. The molecule has 0 aliphatic heterocycles. The van der Waals surface area contributed by atoms with E-state index in [1.54, 1.807) is 13.2 Å². The smallest absolute Gasteiger partial charge is 0.330 e. The molecule has 3 aromatic heterocycles. The summed E-state index contributed by atoms with van der Waals surface area (Å²) in [5.41, 5.74) is 7.80. The van der Waals surface area contributed by atoms with Crippen molar-refractivity contribution in [2.45, 2.75) is 34.2 Å². The third-order valence-corrected chi connectivity index (χ3v) is 6.05. The molecule has 168 valence electrons. The maximum Gasteiger partial charge on any atom is 0.330 e. The summed E-state index contributed by atoms with van der Waals surface area (Å²) in [6.07, 6.45) is 3.51. The largest absolute Gasteiger partial charge is 0.378 e. The summed E-state index contributed by atoms with van der Waals surface area (Å²) in [5, 5.41) is 3.54. The monoisotopic (exact) mass is 453 g/mol. The first-order valence-corrected chi connectivity index (χ1v) is 10.2. The van der Waals surface area contributed by atoms with Gasteiger partial charge in [-0.3, -0.25) is 9.36 Å². The summed E-state index contributed by atoms with van der Waals surface area (Å²) < 4.78 is 4.56. The van der Waals surface area contributed by atoms with Gasteiger partial charge in [0.2, 0.25) is 0 Å². The van der Waals surface area contributed by atoms with Gasteiger partial charge in [-0.1, -0.05) is 18.2 Å². The number of rotatable bonds is 4. The van der Waals surface area contributed by atoms with E-state index in [0.29, 0.717) is 12.1 Å². The standard InChI is InChI=1S/C24H27N5O2.ClH/c1-14-8-7-9-15(2)19(14)11-25-21-10-18(12-29-17(4)16(3)26-22(21)29)20-13-27(5)24(31)28(6)23(20)30;/h7-10,12-13,25H,11H2,1-6H3;1H. The number of aromatic nitrogens is 4. The van der Waals surface area contributed by atoms with Crippen LogP contribution < -0.4 is 16.6 Å². The number of pyridine rings is 1. The number of aryl methyl sites for hydroxylation is 5. The van der Waals surface area contributed by atoms with Gasteiger partial charge in [0.25, 0.3) is 5.56 Å². The Labute approximate surface area is 192 Å². The van der Waals surface area contributed by atoms with Crippen molar-refractivity contribution in [1.82, 2.24) is 18.5 Å². The molecule has 0 bridgehead atoms. The van der Waals surface area contributed by atoms with Crippen molar-refractivity contribution >= 4 is 23.7 Å². The van der Waals surface area contributed by atoms with Gasteiger partial charge in [-0.25, -0.2) is 9.78 Å². The first-order valence-electron chi connectivity index (χ1n) is 10.2. The van der Waals surface area contributed by atoms with Gasteiger partial charge in [0.1, 0.15) is 0 Å². The molecule has 1 N–H and O–H groups in total. The second kappa shape index (κ2) is 8.67. The van der Waals surface area contributed by atoms with E-state index < -0.39 is 0 Å². The number of nitrogens with one attached hydrogen (secondary N) is 1. The maximum atomic E-state index is 12.9. The number of fused-ring (bicyclic) bond motifs is 1. The number of nitrogens with zero attached hydrogens (tertiary/aromatic N) is 4. The molecular formula is C24H28ClN5O2. The maximum absolute atomic E-state index is 12.9. The summed E-state index contributed by atoms with van der Waals surface area (Å²) in [6.45, 7) is 8.84. The van der Waals surface area contributed by atoms with Crippen molar-refractivity contribution in [3.05, 3.63) is 85.6 Å². The van der Waals surface area contributed by atoms with E-state index in [0.717, 1.165) is 32.9 Å². The Morgan fingerprint density at radius 3 is 2.31 bits per heavy atom. The van der Waals surface area contributed by atoms with Crippen molar-refractivity contribution in [3.8, 4) is 11.1 Å². The summed E-state index contributed by atoms with van der Waals surface area (Å²) in [4.78, 5) is 29.7. The Balaban J connectivity index is 0.00000289. The lowest BCUT2D eigenvalue weighted by molar-refractivity contribution is 0.688. The predicted molar refractivity (Wildman–Crippen MR) is 131 cm³/mol. The van der Waals surface area contributed by atoms with Crippen LogP contribution in [0.1, 0.15) is 28.1 Å². The van der Waals surface area contributed by atoms with Crippen molar-refractivity contribution < 1.29 is 0 Å². The number of halogens is 1. The zero-order chi connectivity index (χ0) is 22.4. The average Bonchev–Trinajstić information content (AvgIpc) is 3.03. The number of hydrogen-bond acceptors (Lipinski definition) is 4. The second-order valence-electron chi connectivity index (χ2n) is 8.14. The SMILES string of the molecule is Cc1cccc(C)c1CNc1cc(-c2cn(C)c(=O)n(C)c2=O)cn2c(C)c(C)nc12.Cl. The molecule has 0 unspecified atom stereocenters. The zero-order valence-corrected chi connectivity index (χ0v) is 20.0. The van der Waals surface area contributed by atoms with Gasteiger partial charge in [0, 0.05) is 44.3 Å². The highest BCUT2D eigenvalue weighted by Crippen LogP contribution is 2.27. The average molecular weight is 454 g/mol. The third-order valence-electron chi connectivity index (χ3n) is 6.05. The van der Waals surface area contributed by atoms with E-state index in [-0.39, 0.29) is 23.7 Å². The highest BCUT2D eigenvalue weighted by Gasteiger charge is 2.16. The van der Waals surface area contributed by atoms with Crippen LogP contribution in [0.5, 0.6) is 0 Å². The number of hydrogen-bond donors (Lipinski definition) is 1. The van der Waals surface area contributed by atoms with E-state index in [1.807, 2.05) is 30.5 Å². The highest BCUT2D eigenvalue weighted by molar-refractivity contribution is 5.85. The topological polar surface area (TPSA) is 73.3 Å². The third kappa shape index (κ3) is 3.84. The first-order chi connectivity index (χ1) is 14.7. The molecule has 8 heteroatoms. The molecule has 3 heterocycles. The summed E-state index contributed by atoms with van der Waals surface area (Å²) in [6, 6.07) is 8.21. The molecule has 4 rings (SSSR count). The Kier molecular flexibility index (Phi) is 6.32. The van der Waals surface area contributed by atoms with Crippen LogP contribution in [0.2, 0.25) is 0 Å². The predicted octanol–water partition coefficient (Wildman–Crippen LogP) is 3.67. The Morgan fingerprint density at radius 2 is 1.66 bits per heavy atom. The molecule has 0 saturated heterocycles. The molecule has 4 aromatic rings. The van der Waals surface area contributed by atoms with Gasteiger partial charge < -0.3 is 14.3 Å². The van der Waals surface area contributed by atoms with Crippen LogP contribution in [-0.4, -0.2) is 18.5 Å². The quantitative estimate of drug-likeness (QED) is 0.511. The molecule has 0 fully saturated rings. The van der Waals surface area contributed by atoms with E-state index in [2.05, 4.69) is 37.4 Å². The van der Waals surface area contributed by atoms with Crippen LogP contribution in [0.25, 0.3) is 16.8 Å². The molecule has 32 heavy (non-hydrogen) atoms. The fourth-order valence-corrected chi connectivity index (χ4v) is 3.97. The minimum absolute atomic E-state index is 0. The molecule has 0 spiro atoms. The Morgan fingerprint density at radius 1 is 1.00 bits per heavy atom. The molecule has 0 amide bonds.